The number of ketones is 1. The molecule has 3 aliphatic rings. The summed E-state index contributed by atoms with van der Waals surface area (Å²) in [4.78, 5) is 27.2. The van der Waals surface area contributed by atoms with Crippen LogP contribution >= 0.6 is 11.6 Å². The van der Waals surface area contributed by atoms with E-state index < -0.39 is 5.92 Å². The van der Waals surface area contributed by atoms with Crippen molar-refractivity contribution < 1.29 is 14.3 Å². The van der Waals surface area contributed by atoms with Gasteiger partial charge in [-0.2, -0.15) is 0 Å². The Morgan fingerprint density at radius 2 is 1.68 bits per heavy atom. The second-order valence-corrected chi connectivity index (χ2v) is 10.0. The first-order valence-electron chi connectivity index (χ1n) is 12.3. The van der Waals surface area contributed by atoms with Crippen LogP contribution in [0.4, 0.5) is 0 Å². The number of hydrogen-bond acceptors (Lipinski definition) is 4. The molecule has 5 heteroatoms. The van der Waals surface area contributed by atoms with Crippen molar-refractivity contribution in [1.82, 2.24) is 5.32 Å². The highest BCUT2D eigenvalue weighted by molar-refractivity contribution is 6.31. The molecule has 0 saturated heterocycles. The Bertz CT molecular complexity index is 1160. The lowest BCUT2D eigenvalue weighted by atomic mass is 9.71. The number of esters is 1. The first-order chi connectivity index (χ1) is 16.5. The third kappa shape index (κ3) is 4.44. The largest absolute Gasteiger partial charge is 0.459 e. The number of nitrogens with one attached hydrogen (secondary N) is 1. The molecule has 2 unspecified atom stereocenters. The van der Waals surface area contributed by atoms with Gasteiger partial charge in [0.25, 0.3) is 0 Å². The molecule has 0 spiro atoms. The Hall–Kier alpha value is -2.85. The van der Waals surface area contributed by atoms with E-state index in [1.807, 2.05) is 49.4 Å². The molecule has 4 nitrogen and oxygen atoms in total. The summed E-state index contributed by atoms with van der Waals surface area (Å²) >= 11 is 6.64. The zero-order valence-corrected chi connectivity index (χ0v) is 20.2. The first-order valence-corrected chi connectivity index (χ1v) is 12.6. The Morgan fingerprint density at radius 3 is 2.41 bits per heavy atom. The number of carbonyl (C=O) groups is 2. The fourth-order valence-electron chi connectivity index (χ4n) is 5.69. The highest BCUT2D eigenvalue weighted by atomic mass is 35.5. The van der Waals surface area contributed by atoms with Crippen LogP contribution in [0, 0.1) is 0 Å². The standard InChI is InChI=1S/C29H30ClNO3/c1-18-26(29(33)34-21-12-6-3-7-13-21)27(22-14-8-9-15-23(22)30)28-24(31-18)16-20(17-25(28)32)19-10-4-2-5-11-19/h2,4-5,8-11,14-15,20-21,27,31H,3,6-7,12-13,16-17H2,1H3. The third-order valence-electron chi connectivity index (χ3n) is 7.36. The summed E-state index contributed by atoms with van der Waals surface area (Å²) in [5, 5.41) is 3.98. The second-order valence-electron chi connectivity index (χ2n) is 9.61. The van der Waals surface area contributed by atoms with Crippen LogP contribution in [0.2, 0.25) is 5.02 Å². The molecular weight excluding hydrogens is 446 g/mol. The maximum atomic E-state index is 13.7. The molecule has 0 radical (unpaired) electrons. The molecular formula is C29H30ClNO3. The van der Waals surface area contributed by atoms with Crippen LogP contribution in [0.15, 0.2) is 77.1 Å². The molecule has 0 aromatic heterocycles. The van der Waals surface area contributed by atoms with E-state index in [0.29, 0.717) is 29.0 Å². The van der Waals surface area contributed by atoms with E-state index in [0.717, 1.165) is 48.2 Å². The van der Waals surface area contributed by atoms with E-state index in [4.69, 9.17) is 16.3 Å². The van der Waals surface area contributed by atoms with Crippen LogP contribution in [0.5, 0.6) is 0 Å². The van der Waals surface area contributed by atoms with Gasteiger partial charge in [-0.25, -0.2) is 4.79 Å². The molecule has 2 aliphatic carbocycles. The number of ether oxygens (including phenoxy) is 1. The van der Waals surface area contributed by atoms with Gasteiger partial charge in [0.2, 0.25) is 0 Å². The summed E-state index contributed by atoms with van der Waals surface area (Å²) < 4.78 is 5.98. The monoisotopic (exact) mass is 475 g/mol. The number of Topliss-reactive ketones (excluding diaryl/α,β-unsaturated/α-hetero) is 1. The molecule has 1 heterocycles. The van der Waals surface area contributed by atoms with E-state index in [1.54, 1.807) is 0 Å². The molecule has 2 aromatic rings. The Morgan fingerprint density at radius 1 is 0.971 bits per heavy atom. The highest BCUT2D eigenvalue weighted by Crippen LogP contribution is 2.47. The predicted molar refractivity (Wildman–Crippen MR) is 133 cm³/mol. The molecule has 5 rings (SSSR count). The van der Waals surface area contributed by atoms with E-state index in [-0.39, 0.29) is 23.8 Å². The fourth-order valence-corrected chi connectivity index (χ4v) is 5.93. The maximum absolute atomic E-state index is 13.7. The van der Waals surface area contributed by atoms with Gasteiger partial charge in [-0.1, -0.05) is 66.6 Å². The second kappa shape index (κ2) is 9.79. The number of dihydropyridines is 1. The van der Waals surface area contributed by atoms with Gasteiger partial charge in [0.05, 0.1) is 5.57 Å². The van der Waals surface area contributed by atoms with Gasteiger partial charge >= 0.3 is 5.97 Å². The van der Waals surface area contributed by atoms with Crippen molar-refractivity contribution in [3.63, 3.8) is 0 Å². The SMILES string of the molecule is CC1=C(C(=O)OC2CCCCC2)C(c2ccccc2Cl)C2=C(CC(c3ccccc3)CC2=O)N1. The molecule has 1 saturated carbocycles. The smallest absolute Gasteiger partial charge is 0.337 e. The normalized spacial score (nSPS) is 23.4. The molecule has 34 heavy (non-hydrogen) atoms. The van der Waals surface area contributed by atoms with Crippen molar-refractivity contribution >= 4 is 23.4 Å². The fraction of sp³-hybridized carbons (Fsp3) is 0.379. The first kappa shape index (κ1) is 22.9. The van der Waals surface area contributed by atoms with Gasteiger partial charge in [-0.3, -0.25) is 4.79 Å². The van der Waals surface area contributed by atoms with Crippen molar-refractivity contribution in [1.29, 1.82) is 0 Å². The number of rotatable bonds is 4. The van der Waals surface area contributed by atoms with Crippen molar-refractivity contribution in [3.8, 4) is 0 Å². The van der Waals surface area contributed by atoms with Crippen LogP contribution in [0.3, 0.4) is 0 Å². The Labute approximate surface area is 206 Å². The minimum atomic E-state index is -0.523. The molecule has 1 fully saturated rings. The van der Waals surface area contributed by atoms with Crippen molar-refractivity contribution in [2.75, 3.05) is 0 Å². The molecule has 0 amide bonds. The number of benzene rings is 2. The molecule has 2 aromatic carbocycles. The number of carbonyl (C=O) groups excluding carboxylic acids is 2. The van der Waals surface area contributed by atoms with Gasteiger partial charge in [-0.05, 0) is 62.1 Å². The Kier molecular flexibility index (Phi) is 6.60. The zero-order valence-electron chi connectivity index (χ0n) is 19.5. The quantitative estimate of drug-likeness (QED) is 0.507. The maximum Gasteiger partial charge on any atom is 0.337 e. The lowest BCUT2D eigenvalue weighted by molar-refractivity contribution is -0.146. The lowest BCUT2D eigenvalue weighted by Crippen LogP contribution is -2.37. The van der Waals surface area contributed by atoms with Gasteiger partial charge < -0.3 is 10.1 Å². The van der Waals surface area contributed by atoms with Gasteiger partial charge in [0.1, 0.15) is 6.10 Å². The minimum absolute atomic E-state index is 0.0583. The highest BCUT2D eigenvalue weighted by Gasteiger charge is 2.42. The average molecular weight is 476 g/mol. The molecule has 0 bridgehead atoms. The molecule has 1 aliphatic heterocycles. The van der Waals surface area contributed by atoms with Crippen molar-refractivity contribution in [3.05, 3.63) is 93.3 Å². The summed E-state index contributed by atoms with van der Waals surface area (Å²) in [6.07, 6.45) is 6.21. The van der Waals surface area contributed by atoms with E-state index in [9.17, 15) is 9.59 Å². The topological polar surface area (TPSA) is 55.4 Å². The van der Waals surface area contributed by atoms with Gasteiger partial charge in [-0.15, -0.1) is 0 Å². The van der Waals surface area contributed by atoms with Gasteiger partial charge in [0, 0.05) is 34.3 Å². The Balaban J connectivity index is 1.54. The molecule has 1 N–H and O–H groups in total. The summed E-state index contributed by atoms with van der Waals surface area (Å²) in [6, 6.07) is 17.7. The predicted octanol–water partition coefficient (Wildman–Crippen LogP) is 6.58. The number of hydrogen-bond donors (Lipinski definition) is 1. The van der Waals surface area contributed by atoms with Crippen LogP contribution < -0.4 is 5.32 Å². The summed E-state index contributed by atoms with van der Waals surface area (Å²) in [7, 11) is 0. The zero-order chi connectivity index (χ0) is 23.7. The number of halogens is 1. The molecule has 2 atom stereocenters. The van der Waals surface area contributed by atoms with Crippen molar-refractivity contribution in [2.45, 2.75) is 69.8 Å². The lowest BCUT2D eigenvalue weighted by Gasteiger charge is -2.37. The van der Waals surface area contributed by atoms with E-state index >= 15 is 0 Å². The van der Waals surface area contributed by atoms with E-state index in [1.165, 1.54) is 6.42 Å². The van der Waals surface area contributed by atoms with Crippen molar-refractivity contribution in [2.24, 2.45) is 0 Å². The van der Waals surface area contributed by atoms with Crippen LogP contribution in [0.25, 0.3) is 0 Å². The summed E-state index contributed by atoms with van der Waals surface area (Å²) in [5.74, 6) is -0.699. The van der Waals surface area contributed by atoms with E-state index in [2.05, 4.69) is 17.4 Å². The molecule has 176 valence electrons. The van der Waals surface area contributed by atoms with Crippen LogP contribution in [0.1, 0.15) is 74.8 Å². The average Bonchev–Trinajstić information content (AvgIpc) is 2.84. The van der Waals surface area contributed by atoms with Gasteiger partial charge in [0.15, 0.2) is 5.78 Å². The third-order valence-corrected chi connectivity index (χ3v) is 7.70. The summed E-state index contributed by atoms with van der Waals surface area (Å²) in [6.45, 7) is 1.90. The minimum Gasteiger partial charge on any atom is -0.459 e. The van der Waals surface area contributed by atoms with Crippen LogP contribution in [-0.4, -0.2) is 17.9 Å². The summed E-state index contributed by atoms with van der Waals surface area (Å²) in [5.41, 5.74) is 4.72. The number of allylic oxidation sites excluding steroid dienone is 3. The van der Waals surface area contributed by atoms with Crippen LogP contribution in [-0.2, 0) is 14.3 Å².